The van der Waals surface area contributed by atoms with Crippen LogP contribution in [0.2, 0.25) is 0 Å². The minimum absolute atomic E-state index is 0.0907. The molecule has 0 fully saturated rings. The fourth-order valence-electron chi connectivity index (χ4n) is 3.39. The number of aromatic amines is 1. The molecular formula is C22H29N5O9. The number of H-pyrrole nitrogens is 1. The van der Waals surface area contributed by atoms with E-state index >= 15 is 0 Å². The number of para-hydroxylation sites is 1. The third kappa shape index (κ3) is 7.49. The summed E-state index contributed by atoms with van der Waals surface area (Å²) in [7, 11) is 0. The van der Waals surface area contributed by atoms with Gasteiger partial charge in [-0.25, -0.2) is 4.79 Å². The van der Waals surface area contributed by atoms with Crippen molar-refractivity contribution in [3.05, 3.63) is 36.0 Å². The van der Waals surface area contributed by atoms with Crippen LogP contribution in [0.3, 0.4) is 0 Å². The van der Waals surface area contributed by atoms with Crippen LogP contribution in [-0.2, 0) is 30.4 Å². The van der Waals surface area contributed by atoms with Crippen molar-refractivity contribution in [3.8, 4) is 0 Å². The second-order valence-electron chi connectivity index (χ2n) is 8.14. The van der Waals surface area contributed by atoms with Gasteiger partial charge in [-0.2, -0.15) is 0 Å². The number of aromatic nitrogens is 1. The molecule has 0 saturated carbocycles. The molecule has 0 aliphatic heterocycles. The van der Waals surface area contributed by atoms with E-state index in [2.05, 4.69) is 15.6 Å². The van der Waals surface area contributed by atoms with Crippen LogP contribution in [0.4, 0.5) is 0 Å². The minimum Gasteiger partial charge on any atom is -0.481 e. The number of carboxylic acids is 2. The number of carbonyl (C=O) groups is 5. The molecule has 0 aliphatic carbocycles. The van der Waals surface area contributed by atoms with Crippen LogP contribution in [0.1, 0.15) is 18.9 Å². The van der Waals surface area contributed by atoms with Crippen molar-refractivity contribution in [2.24, 2.45) is 5.73 Å². The summed E-state index contributed by atoms with van der Waals surface area (Å²) in [6.07, 6.45) is -0.897. The predicted molar refractivity (Wildman–Crippen MR) is 124 cm³/mol. The van der Waals surface area contributed by atoms with E-state index in [1.54, 1.807) is 30.5 Å². The molecule has 2 aromatic rings. The van der Waals surface area contributed by atoms with Crippen molar-refractivity contribution in [3.63, 3.8) is 0 Å². The normalized spacial score (nSPS) is 15.2. The number of nitrogens with one attached hydrogen (secondary N) is 4. The topological polar surface area (TPSA) is 244 Å². The van der Waals surface area contributed by atoms with E-state index in [4.69, 9.17) is 15.9 Å². The SMILES string of the molecule is CC(O)C(NC(=O)C(CC(=O)O)NC(=O)C(Cc1c[nH]c2ccccc12)NC(=O)C(N)CO)C(=O)O. The highest BCUT2D eigenvalue weighted by Gasteiger charge is 2.33. The second-order valence-corrected chi connectivity index (χ2v) is 8.14. The molecule has 2 rings (SSSR count). The number of aliphatic hydroxyl groups excluding tert-OH is 2. The van der Waals surface area contributed by atoms with Crippen molar-refractivity contribution in [2.45, 2.75) is 50.0 Å². The van der Waals surface area contributed by atoms with Gasteiger partial charge in [0, 0.05) is 23.5 Å². The Morgan fingerprint density at radius 2 is 1.58 bits per heavy atom. The molecule has 5 unspecified atom stereocenters. The Kier molecular flexibility index (Phi) is 9.90. The Labute approximate surface area is 204 Å². The molecule has 3 amide bonds. The van der Waals surface area contributed by atoms with Crippen LogP contribution >= 0.6 is 0 Å². The molecule has 0 aliphatic rings. The molecule has 14 heteroatoms. The van der Waals surface area contributed by atoms with Gasteiger partial charge in [-0.1, -0.05) is 18.2 Å². The maximum Gasteiger partial charge on any atom is 0.328 e. The van der Waals surface area contributed by atoms with Crippen molar-refractivity contribution in [1.29, 1.82) is 0 Å². The summed E-state index contributed by atoms with van der Waals surface area (Å²) >= 11 is 0. The Morgan fingerprint density at radius 1 is 0.972 bits per heavy atom. The standard InChI is InChI=1S/C22H29N5O9/c1-10(29)18(22(35)36)27-21(34)16(7-17(30)31)26-20(33)15(25-19(32)13(23)9-28)6-11-8-24-14-5-3-2-4-12(11)14/h2-5,8,10,13,15-16,18,24,28-29H,6-7,9,23H2,1H3,(H,25,32)(H,26,33)(H,27,34)(H,30,31)(H,35,36). The van der Waals surface area contributed by atoms with E-state index in [1.807, 2.05) is 5.32 Å². The predicted octanol–water partition coefficient (Wildman–Crippen LogP) is -2.58. The Morgan fingerprint density at radius 3 is 2.17 bits per heavy atom. The lowest BCUT2D eigenvalue weighted by atomic mass is 10.0. The van der Waals surface area contributed by atoms with Gasteiger partial charge in [0.05, 0.1) is 19.1 Å². The third-order valence-corrected chi connectivity index (χ3v) is 5.32. The summed E-state index contributed by atoms with van der Waals surface area (Å²) < 4.78 is 0. The molecule has 10 N–H and O–H groups in total. The van der Waals surface area contributed by atoms with Crippen LogP contribution in [0.15, 0.2) is 30.5 Å². The first kappa shape index (κ1) is 28.2. The first-order valence-electron chi connectivity index (χ1n) is 10.9. The van der Waals surface area contributed by atoms with Crippen molar-refractivity contribution >= 4 is 40.6 Å². The summed E-state index contributed by atoms with van der Waals surface area (Å²) in [5.41, 5.74) is 6.90. The molecule has 0 spiro atoms. The molecule has 196 valence electrons. The van der Waals surface area contributed by atoms with Gasteiger partial charge in [-0.05, 0) is 18.6 Å². The lowest BCUT2D eigenvalue weighted by Crippen LogP contribution is -2.59. The van der Waals surface area contributed by atoms with Gasteiger partial charge >= 0.3 is 11.9 Å². The summed E-state index contributed by atoms with van der Waals surface area (Å²) in [6, 6.07) is 0.960. The van der Waals surface area contributed by atoms with Crippen LogP contribution in [-0.4, -0.2) is 91.9 Å². The van der Waals surface area contributed by atoms with Gasteiger partial charge in [-0.3, -0.25) is 19.2 Å². The summed E-state index contributed by atoms with van der Waals surface area (Å²) in [5.74, 6) is -6.02. The van der Waals surface area contributed by atoms with E-state index in [-0.39, 0.29) is 6.42 Å². The van der Waals surface area contributed by atoms with Gasteiger partial charge < -0.3 is 47.1 Å². The Balaban J connectivity index is 2.30. The number of benzene rings is 1. The van der Waals surface area contributed by atoms with Gasteiger partial charge in [0.25, 0.3) is 0 Å². The molecule has 1 heterocycles. The molecule has 5 atom stereocenters. The number of nitrogens with two attached hydrogens (primary N) is 1. The number of aliphatic hydroxyl groups is 2. The number of carboxylic acid groups (broad SMARTS) is 2. The maximum absolute atomic E-state index is 13.1. The first-order valence-corrected chi connectivity index (χ1v) is 10.9. The summed E-state index contributed by atoms with van der Waals surface area (Å²) in [5, 5.41) is 44.5. The zero-order valence-corrected chi connectivity index (χ0v) is 19.3. The fraction of sp³-hybridized carbons (Fsp3) is 0.409. The average Bonchev–Trinajstić information content (AvgIpc) is 3.22. The number of amides is 3. The molecule has 0 bridgehead atoms. The van der Waals surface area contributed by atoms with Crippen LogP contribution < -0.4 is 21.7 Å². The highest BCUT2D eigenvalue weighted by molar-refractivity contribution is 5.96. The van der Waals surface area contributed by atoms with Crippen LogP contribution in [0.5, 0.6) is 0 Å². The van der Waals surface area contributed by atoms with Crippen molar-refractivity contribution in [1.82, 2.24) is 20.9 Å². The monoisotopic (exact) mass is 507 g/mol. The third-order valence-electron chi connectivity index (χ3n) is 5.32. The van der Waals surface area contributed by atoms with Gasteiger partial charge in [0.2, 0.25) is 17.7 Å². The molecular weight excluding hydrogens is 478 g/mol. The molecule has 14 nitrogen and oxygen atoms in total. The highest BCUT2D eigenvalue weighted by atomic mass is 16.4. The number of fused-ring (bicyclic) bond motifs is 1. The van der Waals surface area contributed by atoms with E-state index < -0.39 is 73.0 Å². The number of aliphatic carboxylic acids is 2. The quantitative estimate of drug-likeness (QED) is 0.137. The lowest BCUT2D eigenvalue weighted by Gasteiger charge is -2.25. The van der Waals surface area contributed by atoms with Gasteiger partial charge in [0.1, 0.15) is 18.1 Å². The van der Waals surface area contributed by atoms with E-state index in [0.717, 1.165) is 17.8 Å². The summed E-state index contributed by atoms with van der Waals surface area (Å²) in [6.45, 7) is 0.411. The van der Waals surface area contributed by atoms with Crippen LogP contribution in [0, 0.1) is 0 Å². The molecule has 0 saturated heterocycles. The van der Waals surface area contributed by atoms with Crippen molar-refractivity contribution < 1.29 is 44.4 Å². The highest BCUT2D eigenvalue weighted by Crippen LogP contribution is 2.19. The zero-order chi connectivity index (χ0) is 27.0. The van der Waals surface area contributed by atoms with Gasteiger partial charge in [0.15, 0.2) is 6.04 Å². The smallest absolute Gasteiger partial charge is 0.328 e. The van der Waals surface area contributed by atoms with E-state index in [1.165, 1.54) is 0 Å². The zero-order valence-electron chi connectivity index (χ0n) is 19.3. The number of hydrogen-bond donors (Lipinski definition) is 9. The van der Waals surface area contributed by atoms with E-state index in [0.29, 0.717) is 5.56 Å². The van der Waals surface area contributed by atoms with Crippen molar-refractivity contribution in [2.75, 3.05) is 6.61 Å². The molecule has 1 aromatic carbocycles. The summed E-state index contributed by atoms with van der Waals surface area (Å²) in [4.78, 5) is 63.7. The Hall–Kier alpha value is -4.01. The number of hydrogen-bond acceptors (Lipinski definition) is 8. The fourth-order valence-corrected chi connectivity index (χ4v) is 3.39. The first-order chi connectivity index (χ1) is 16.9. The molecule has 1 aromatic heterocycles. The van der Waals surface area contributed by atoms with Crippen LogP contribution in [0.25, 0.3) is 10.9 Å². The second kappa shape index (κ2) is 12.6. The van der Waals surface area contributed by atoms with E-state index in [9.17, 15) is 34.2 Å². The maximum atomic E-state index is 13.1. The lowest BCUT2D eigenvalue weighted by molar-refractivity contribution is -0.146. The minimum atomic E-state index is -1.75. The number of carbonyl (C=O) groups excluding carboxylic acids is 3. The Bertz CT molecular complexity index is 1120. The molecule has 36 heavy (non-hydrogen) atoms. The number of rotatable bonds is 13. The molecule has 0 radical (unpaired) electrons. The largest absolute Gasteiger partial charge is 0.481 e. The average molecular weight is 508 g/mol. The van der Waals surface area contributed by atoms with Gasteiger partial charge in [-0.15, -0.1) is 0 Å².